The topological polar surface area (TPSA) is 6.48 Å². The summed E-state index contributed by atoms with van der Waals surface area (Å²) in [7, 11) is 8.22. The minimum Gasteiger partial charge on any atom is -0.284 e. The molecule has 0 N–H and O–H groups in total. The molecular formula is C11H22N2. The lowest BCUT2D eigenvalue weighted by Gasteiger charge is -2.25. The molecule has 0 radical (unpaired) electrons. The highest BCUT2D eigenvalue weighted by molar-refractivity contribution is 5.06. The van der Waals surface area contributed by atoms with E-state index in [0.717, 1.165) is 6.42 Å². The lowest BCUT2D eigenvalue weighted by atomic mass is 10.2. The Bertz CT molecular complexity index is 166. The monoisotopic (exact) mass is 182 g/mol. The molecule has 0 aromatic carbocycles. The van der Waals surface area contributed by atoms with Crippen molar-refractivity contribution in [1.29, 1.82) is 0 Å². The SMILES string of the molecule is CCCCC#CC(N(C)C)N(C)C. The van der Waals surface area contributed by atoms with Gasteiger partial charge < -0.3 is 0 Å². The average Bonchev–Trinajstić information content (AvgIpc) is 2.02. The summed E-state index contributed by atoms with van der Waals surface area (Å²) in [6.45, 7) is 2.19. The van der Waals surface area contributed by atoms with Gasteiger partial charge in [-0.2, -0.15) is 0 Å². The number of hydrogen-bond acceptors (Lipinski definition) is 2. The van der Waals surface area contributed by atoms with E-state index >= 15 is 0 Å². The molecule has 0 aliphatic carbocycles. The van der Waals surface area contributed by atoms with Gasteiger partial charge in [0.2, 0.25) is 0 Å². The maximum absolute atomic E-state index is 3.26. The first-order valence-electron chi connectivity index (χ1n) is 4.90. The highest BCUT2D eigenvalue weighted by Gasteiger charge is 2.08. The molecule has 76 valence electrons. The third-order valence-electron chi connectivity index (χ3n) is 1.86. The van der Waals surface area contributed by atoms with Crippen molar-refractivity contribution in [2.45, 2.75) is 32.4 Å². The Balaban J connectivity index is 3.98. The van der Waals surface area contributed by atoms with Gasteiger partial charge in [0.05, 0.1) is 0 Å². The molecule has 0 aromatic rings. The Morgan fingerprint density at radius 3 is 2.00 bits per heavy atom. The van der Waals surface area contributed by atoms with Crippen LogP contribution in [0, 0.1) is 11.8 Å². The summed E-state index contributed by atoms with van der Waals surface area (Å²) in [4.78, 5) is 4.25. The van der Waals surface area contributed by atoms with Crippen LogP contribution in [0.2, 0.25) is 0 Å². The molecule has 0 rings (SSSR count). The van der Waals surface area contributed by atoms with E-state index in [1.165, 1.54) is 12.8 Å². The molecule has 0 unspecified atom stereocenters. The highest BCUT2D eigenvalue weighted by Crippen LogP contribution is 1.96. The second kappa shape index (κ2) is 6.94. The molecule has 0 atom stereocenters. The summed E-state index contributed by atoms with van der Waals surface area (Å²) in [6.07, 6.45) is 3.70. The van der Waals surface area contributed by atoms with Gasteiger partial charge in [0.15, 0.2) is 0 Å². The second-order valence-corrected chi connectivity index (χ2v) is 3.73. The van der Waals surface area contributed by atoms with Crippen LogP contribution in [-0.2, 0) is 0 Å². The Labute approximate surface area is 82.9 Å². The first kappa shape index (κ1) is 12.5. The van der Waals surface area contributed by atoms with Crippen LogP contribution in [0.25, 0.3) is 0 Å². The summed E-state index contributed by atoms with van der Waals surface area (Å²) < 4.78 is 0. The van der Waals surface area contributed by atoms with Crippen molar-refractivity contribution in [3.05, 3.63) is 0 Å². The van der Waals surface area contributed by atoms with Crippen LogP contribution in [0.3, 0.4) is 0 Å². The van der Waals surface area contributed by atoms with E-state index in [4.69, 9.17) is 0 Å². The van der Waals surface area contributed by atoms with E-state index in [9.17, 15) is 0 Å². The minimum atomic E-state index is 0.247. The van der Waals surface area contributed by atoms with Crippen molar-refractivity contribution in [1.82, 2.24) is 9.80 Å². The van der Waals surface area contributed by atoms with Crippen LogP contribution in [0.15, 0.2) is 0 Å². The summed E-state index contributed by atoms with van der Waals surface area (Å²) in [5, 5.41) is 0. The zero-order chi connectivity index (χ0) is 10.3. The molecule has 0 heterocycles. The standard InChI is InChI=1S/C11H22N2/c1-6-7-8-9-10-11(12(2)3)13(4)5/h11H,6-8H2,1-5H3. The van der Waals surface area contributed by atoms with Crippen molar-refractivity contribution in [2.75, 3.05) is 28.2 Å². The molecule has 0 amide bonds. The third kappa shape index (κ3) is 5.68. The molecule has 2 nitrogen and oxygen atoms in total. The molecule has 2 heteroatoms. The average molecular weight is 182 g/mol. The Kier molecular flexibility index (Phi) is 6.66. The zero-order valence-electron chi connectivity index (χ0n) is 9.59. The molecule has 0 aromatic heterocycles. The first-order valence-corrected chi connectivity index (χ1v) is 4.90. The van der Waals surface area contributed by atoms with E-state index < -0.39 is 0 Å². The van der Waals surface area contributed by atoms with E-state index in [1.54, 1.807) is 0 Å². The van der Waals surface area contributed by atoms with Crippen LogP contribution < -0.4 is 0 Å². The number of unbranched alkanes of at least 4 members (excludes halogenated alkanes) is 2. The minimum absolute atomic E-state index is 0.247. The van der Waals surface area contributed by atoms with Crippen molar-refractivity contribution in [2.24, 2.45) is 0 Å². The molecule has 0 aliphatic rings. The molecule has 0 fully saturated rings. The van der Waals surface area contributed by atoms with Crippen LogP contribution in [-0.4, -0.2) is 44.2 Å². The molecule has 13 heavy (non-hydrogen) atoms. The van der Waals surface area contributed by atoms with Crippen molar-refractivity contribution in [3.8, 4) is 11.8 Å². The number of rotatable bonds is 4. The third-order valence-corrected chi connectivity index (χ3v) is 1.86. The molecule has 0 saturated carbocycles. The van der Waals surface area contributed by atoms with Crippen molar-refractivity contribution >= 4 is 0 Å². The van der Waals surface area contributed by atoms with Gasteiger partial charge in [-0.1, -0.05) is 19.3 Å². The Morgan fingerprint density at radius 2 is 1.62 bits per heavy atom. The number of hydrogen-bond donors (Lipinski definition) is 0. The summed E-state index contributed by atoms with van der Waals surface area (Å²) >= 11 is 0. The molecule has 0 aliphatic heterocycles. The van der Waals surface area contributed by atoms with Crippen molar-refractivity contribution < 1.29 is 0 Å². The predicted molar refractivity (Wildman–Crippen MR) is 58.5 cm³/mol. The van der Waals surface area contributed by atoms with Crippen LogP contribution in [0.4, 0.5) is 0 Å². The summed E-state index contributed by atoms with van der Waals surface area (Å²) in [5.74, 6) is 6.47. The lowest BCUT2D eigenvalue weighted by molar-refractivity contribution is 0.182. The summed E-state index contributed by atoms with van der Waals surface area (Å²) in [5.41, 5.74) is 0. The van der Waals surface area contributed by atoms with Gasteiger partial charge in [0.25, 0.3) is 0 Å². The molecule has 0 bridgehead atoms. The quantitative estimate of drug-likeness (QED) is 0.370. The normalized spacial score (nSPS) is 10.8. The summed E-state index contributed by atoms with van der Waals surface area (Å²) in [6, 6.07) is 0. The van der Waals surface area contributed by atoms with Gasteiger partial charge in [-0.25, -0.2) is 0 Å². The highest BCUT2D eigenvalue weighted by atomic mass is 15.3. The molecular weight excluding hydrogens is 160 g/mol. The van der Waals surface area contributed by atoms with Crippen LogP contribution >= 0.6 is 0 Å². The van der Waals surface area contributed by atoms with E-state index in [0.29, 0.717) is 0 Å². The van der Waals surface area contributed by atoms with E-state index in [-0.39, 0.29) is 6.17 Å². The van der Waals surface area contributed by atoms with Crippen LogP contribution in [0.5, 0.6) is 0 Å². The maximum Gasteiger partial charge on any atom is 0.125 e. The van der Waals surface area contributed by atoms with E-state index in [1.807, 2.05) is 0 Å². The fraction of sp³-hybridized carbons (Fsp3) is 0.818. The van der Waals surface area contributed by atoms with Gasteiger partial charge in [-0.3, -0.25) is 9.80 Å². The fourth-order valence-corrected chi connectivity index (χ4v) is 1.15. The van der Waals surface area contributed by atoms with Gasteiger partial charge >= 0.3 is 0 Å². The molecule has 0 spiro atoms. The zero-order valence-corrected chi connectivity index (χ0v) is 9.59. The van der Waals surface area contributed by atoms with Crippen molar-refractivity contribution in [3.63, 3.8) is 0 Å². The van der Waals surface area contributed by atoms with Crippen LogP contribution in [0.1, 0.15) is 26.2 Å². The fourth-order valence-electron chi connectivity index (χ4n) is 1.15. The smallest absolute Gasteiger partial charge is 0.125 e. The van der Waals surface area contributed by atoms with Gasteiger partial charge in [0, 0.05) is 6.42 Å². The van der Waals surface area contributed by atoms with E-state index in [2.05, 4.69) is 56.8 Å². The second-order valence-electron chi connectivity index (χ2n) is 3.73. The lowest BCUT2D eigenvalue weighted by Crippen LogP contribution is -2.39. The Morgan fingerprint density at radius 1 is 1.08 bits per heavy atom. The van der Waals surface area contributed by atoms with Gasteiger partial charge in [-0.15, -0.1) is 5.92 Å². The number of nitrogens with zero attached hydrogens (tertiary/aromatic N) is 2. The predicted octanol–water partition coefficient (Wildman–Crippen LogP) is 1.63. The maximum atomic E-state index is 3.26. The first-order chi connectivity index (χ1) is 6.09. The van der Waals surface area contributed by atoms with Gasteiger partial charge in [0.1, 0.15) is 6.17 Å². The largest absolute Gasteiger partial charge is 0.284 e. The molecule has 0 saturated heterocycles. The Hall–Kier alpha value is -0.520. The van der Waals surface area contributed by atoms with Gasteiger partial charge in [-0.05, 0) is 34.6 Å².